The number of benzene rings is 1. The van der Waals surface area contributed by atoms with Gasteiger partial charge in [-0.3, -0.25) is 4.90 Å². The number of carbonyl (C=O) groups is 1. The van der Waals surface area contributed by atoms with Gasteiger partial charge < -0.3 is 19.5 Å². The topological polar surface area (TPSA) is 63.4 Å². The van der Waals surface area contributed by atoms with Crippen LogP contribution < -0.4 is 9.64 Å². The molecule has 1 saturated heterocycles. The van der Waals surface area contributed by atoms with Gasteiger partial charge in [0.25, 0.3) is 0 Å². The summed E-state index contributed by atoms with van der Waals surface area (Å²) in [5.74, 6) is 0.791. The Morgan fingerprint density at radius 3 is 2.62 bits per heavy atom. The summed E-state index contributed by atoms with van der Waals surface area (Å²) in [6.07, 6.45) is -0.758. The summed E-state index contributed by atoms with van der Waals surface area (Å²) in [6.45, 7) is 10.2. The lowest BCUT2D eigenvalue weighted by atomic mass is 10.1. The molecule has 2 N–H and O–H groups in total. The van der Waals surface area contributed by atoms with E-state index in [0.29, 0.717) is 26.2 Å². The van der Waals surface area contributed by atoms with Crippen LogP contribution in [0.15, 0.2) is 18.2 Å². The van der Waals surface area contributed by atoms with Gasteiger partial charge in [-0.25, -0.2) is 4.79 Å². The van der Waals surface area contributed by atoms with Crippen LogP contribution in [0.25, 0.3) is 0 Å². The first-order valence-corrected chi connectivity index (χ1v) is 8.63. The fourth-order valence-corrected chi connectivity index (χ4v) is 2.81. The summed E-state index contributed by atoms with van der Waals surface area (Å²) in [5.41, 5.74) is 2.41. The molecule has 0 bridgehead atoms. The van der Waals surface area contributed by atoms with Crippen molar-refractivity contribution in [3.8, 4) is 5.75 Å². The Balaban J connectivity index is 1.70. The minimum Gasteiger partial charge on any atom is -0.491 e. The van der Waals surface area contributed by atoms with Gasteiger partial charge in [-0.2, -0.15) is 0 Å². The number of rotatable bonds is 6. The highest BCUT2D eigenvalue weighted by atomic mass is 16.6. The molecule has 0 saturated carbocycles. The molecule has 134 valence electrons. The molecule has 1 aliphatic heterocycles. The van der Waals surface area contributed by atoms with E-state index in [0.717, 1.165) is 18.8 Å². The van der Waals surface area contributed by atoms with Gasteiger partial charge in [0.05, 0.1) is 32.8 Å². The molecule has 1 unspecified atom stereocenters. The van der Waals surface area contributed by atoms with Crippen molar-refractivity contribution in [2.75, 3.05) is 45.9 Å². The maximum atomic E-state index is 11.7. The van der Waals surface area contributed by atoms with E-state index in [1.54, 1.807) is 4.90 Å². The molecule has 6 heteroatoms. The SMILES string of the molecule is CCOC(=O)N1CC[NH+](CC(O)COc2ccc(C)c(C)c2)CC1. The zero-order valence-electron chi connectivity index (χ0n) is 14.9. The van der Waals surface area contributed by atoms with Crippen molar-refractivity contribution in [3.05, 3.63) is 29.3 Å². The normalized spacial score (nSPS) is 16.8. The second-order valence-electron chi connectivity index (χ2n) is 6.35. The third kappa shape index (κ3) is 5.39. The average Bonchev–Trinajstić information content (AvgIpc) is 2.57. The summed E-state index contributed by atoms with van der Waals surface area (Å²) < 4.78 is 10.7. The first-order valence-electron chi connectivity index (χ1n) is 8.63. The van der Waals surface area contributed by atoms with Crippen molar-refractivity contribution in [1.29, 1.82) is 0 Å². The summed E-state index contributed by atoms with van der Waals surface area (Å²) in [4.78, 5) is 14.7. The molecule has 1 fully saturated rings. The van der Waals surface area contributed by atoms with Crippen LogP contribution in [0.5, 0.6) is 5.75 Å². The van der Waals surface area contributed by atoms with Gasteiger partial charge in [0.15, 0.2) is 0 Å². The summed E-state index contributed by atoms with van der Waals surface area (Å²) in [7, 11) is 0. The molecular formula is C18H29N2O4+. The van der Waals surface area contributed by atoms with Gasteiger partial charge in [0, 0.05) is 0 Å². The number of quaternary nitrogens is 1. The highest BCUT2D eigenvalue weighted by molar-refractivity contribution is 5.67. The number of aliphatic hydroxyl groups is 1. The maximum Gasteiger partial charge on any atom is 0.410 e. The van der Waals surface area contributed by atoms with Crippen molar-refractivity contribution in [2.45, 2.75) is 26.9 Å². The van der Waals surface area contributed by atoms with Crippen LogP contribution in [0.3, 0.4) is 0 Å². The first kappa shape index (κ1) is 18.5. The van der Waals surface area contributed by atoms with Gasteiger partial charge in [0.2, 0.25) is 0 Å². The third-order valence-corrected chi connectivity index (χ3v) is 4.44. The molecule has 1 atom stereocenters. The number of ether oxygens (including phenoxy) is 2. The Kier molecular flexibility index (Phi) is 6.87. The number of amides is 1. The van der Waals surface area contributed by atoms with Gasteiger partial charge in [0.1, 0.15) is 25.0 Å². The molecule has 0 aromatic heterocycles. The molecule has 6 nitrogen and oxygen atoms in total. The van der Waals surface area contributed by atoms with E-state index in [1.807, 2.05) is 32.0 Å². The molecule has 1 aromatic carbocycles. The van der Waals surface area contributed by atoms with Gasteiger partial charge in [-0.1, -0.05) is 6.07 Å². The Bertz CT molecular complexity index is 542. The summed E-state index contributed by atoms with van der Waals surface area (Å²) in [6, 6.07) is 5.95. The highest BCUT2D eigenvalue weighted by Crippen LogP contribution is 2.16. The minimum atomic E-state index is -0.518. The van der Waals surface area contributed by atoms with Crippen LogP contribution in [0, 0.1) is 13.8 Å². The lowest BCUT2D eigenvalue weighted by Gasteiger charge is -2.32. The number of aryl methyl sites for hydroxylation is 2. The molecule has 2 rings (SSSR count). The van der Waals surface area contributed by atoms with Crippen molar-refractivity contribution in [1.82, 2.24) is 4.90 Å². The van der Waals surface area contributed by atoms with Crippen LogP contribution >= 0.6 is 0 Å². The number of aliphatic hydroxyl groups excluding tert-OH is 1. The van der Waals surface area contributed by atoms with Crippen LogP contribution in [-0.4, -0.2) is 68.1 Å². The number of nitrogens with one attached hydrogen (secondary N) is 1. The highest BCUT2D eigenvalue weighted by Gasteiger charge is 2.26. The minimum absolute atomic E-state index is 0.241. The summed E-state index contributed by atoms with van der Waals surface area (Å²) in [5, 5.41) is 10.2. The second-order valence-corrected chi connectivity index (χ2v) is 6.35. The average molecular weight is 337 g/mol. The quantitative estimate of drug-likeness (QED) is 0.789. The lowest BCUT2D eigenvalue weighted by Crippen LogP contribution is -3.16. The number of piperazine rings is 1. The molecule has 1 amide bonds. The number of nitrogens with zero attached hydrogens (tertiary/aromatic N) is 1. The molecular weight excluding hydrogens is 308 g/mol. The molecule has 0 aliphatic carbocycles. The zero-order chi connectivity index (χ0) is 17.5. The maximum absolute atomic E-state index is 11.7. The molecule has 1 heterocycles. The Hall–Kier alpha value is -1.79. The number of hydrogen-bond acceptors (Lipinski definition) is 4. The molecule has 1 aromatic rings. The summed E-state index contributed by atoms with van der Waals surface area (Å²) >= 11 is 0. The van der Waals surface area contributed by atoms with Gasteiger partial charge in [-0.05, 0) is 44.0 Å². The van der Waals surface area contributed by atoms with Gasteiger partial charge in [-0.15, -0.1) is 0 Å². The van der Waals surface area contributed by atoms with E-state index in [2.05, 4.69) is 6.92 Å². The Labute approximate surface area is 144 Å². The molecule has 24 heavy (non-hydrogen) atoms. The van der Waals surface area contributed by atoms with E-state index in [9.17, 15) is 9.90 Å². The van der Waals surface area contributed by atoms with E-state index in [1.165, 1.54) is 16.0 Å². The van der Waals surface area contributed by atoms with Crippen molar-refractivity contribution >= 4 is 6.09 Å². The molecule has 1 aliphatic rings. The van der Waals surface area contributed by atoms with Crippen molar-refractivity contribution in [3.63, 3.8) is 0 Å². The third-order valence-electron chi connectivity index (χ3n) is 4.44. The fourth-order valence-electron chi connectivity index (χ4n) is 2.81. The van der Waals surface area contributed by atoms with Crippen LogP contribution in [0.4, 0.5) is 4.79 Å². The van der Waals surface area contributed by atoms with Crippen LogP contribution in [-0.2, 0) is 4.74 Å². The first-order chi connectivity index (χ1) is 11.5. The van der Waals surface area contributed by atoms with Crippen molar-refractivity contribution in [2.24, 2.45) is 0 Å². The molecule has 0 radical (unpaired) electrons. The Morgan fingerprint density at radius 1 is 1.29 bits per heavy atom. The monoisotopic (exact) mass is 337 g/mol. The Morgan fingerprint density at radius 2 is 2.00 bits per heavy atom. The zero-order valence-corrected chi connectivity index (χ0v) is 14.9. The van der Waals surface area contributed by atoms with E-state index < -0.39 is 6.10 Å². The van der Waals surface area contributed by atoms with Crippen LogP contribution in [0.1, 0.15) is 18.1 Å². The molecule has 0 spiro atoms. The van der Waals surface area contributed by atoms with Crippen molar-refractivity contribution < 1.29 is 24.3 Å². The smallest absolute Gasteiger partial charge is 0.410 e. The fraction of sp³-hybridized carbons (Fsp3) is 0.611. The largest absolute Gasteiger partial charge is 0.491 e. The predicted molar refractivity (Wildman–Crippen MR) is 91.6 cm³/mol. The number of carbonyl (C=O) groups excluding carboxylic acids is 1. The van der Waals surface area contributed by atoms with Crippen LogP contribution in [0.2, 0.25) is 0 Å². The van der Waals surface area contributed by atoms with E-state index in [4.69, 9.17) is 9.47 Å². The van der Waals surface area contributed by atoms with Gasteiger partial charge >= 0.3 is 6.09 Å². The van der Waals surface area contributed by atoms with E-state index >= 15 is 0 Å². The lowest BCUT2D eigenvalue weighted by molar-refractivity contribution is -0.907. The predicted octanol–water partition coefficient (Wildman–Crippen LogP) is 0.400. The van der Waals surface area contributed by atoms with E-state index in [-0.39, 0.29) is 12.7 Å². The standard InChI is InChI=1S/C18H28N2O4/c1-4-23-18(22)20-9-7-19(8-10-20)12-16(21)13-24-17-6-5-14(2)15(3)11-17/h5-6,11,16,21H,4,7-10,12-13H2,1-3H3/p+1. The second kappa shape index (κ2) is 8.89. The number of hydrogen-bond donors (Lipinski definition) is 2.